The highest BCUT2D eigenvalue weighted by molar-refractivity contribution is 7.11. The molecule has 0 aliphatic heterocycles. The lowest BCUT2D eigenvalue weighted by molar-refractivity contribution is -0.129. The van der Waals surface area contributed by atoms with Gasteiger partial charge in [0.15, 0.2) is 5.01 Å². The minimum atomic E-state index is -0.217. The number of carbonyl (C=O) groups excluding carboxylic acids is 2. The highest BCUT2D eigenvalue weighted by Gasteiger charge is 2.16. The summed E-state index contributed by atoms with van der Waals surface area (Å²) in [4.78, 5) is 30.2. The number of hydrogen-bond acceptors (Lipinski definition) is 4. The van der Waals surface area contributed by atoms with Crippen molar-refractivity contribution in [3.63, 3.8) is 0 Å². The van der Waals surface area contributed by atoms with Gasteiger partial charge in [0.1, 0.15) is 0 Å². The van der Waals surface area contributed by atoms with Gasteiger partial charge in [0.2, 0.25) is 5.91 Å². The summed E-state index contributed by atoms with van der Waals surface area (Å²) in [6.07, 6.45) is 0. The van der Waals surface area contributed by atoms with Gasteiger partial charge >= 0.3 is 0 Å². The molecule has 24 heavy (non-hydrogen) atoms. The predicted octanol–water partition coefficient (Wildman–Crippen LogP) is 3.89. The van der Waals surface area contributed by atoms with Crippen molar-refractivity contribution in [1.82, 2.24) is 9.88 Å². The standard InChI is InChI=1S/C18H23N3O2S/c1-5-21(13(4)22)10-14-8-6-7-9-15(14)19-17(23)18-20-16(11-24-18)12(2)3/h6-9,11-12H,5,10H2,1-4H3,(H,19,23). The third-order valence-electron chi connectivity index (χ3n) is 3.76. The fraction of sp³-hybridized carbons (Fsp3) is 0.389. The molecule has 0 unspecified atom stereocenters. The van der Waals surface area contributed by atoms with Crippen molar-refractivity contribution in [2.45, 2.75) is 40.2 Å². The molecule has 0 saturated carbocycles. The van der Waals surface area contributed by atoms with E-state index < -0.39 is 0 Å². The maximum absolute atomic E-state index is 12.4. The fourth-order valence-corrected chi connectivity index (χ4v) is 3.14. The van der Waals surface area contributed by atoms with Crippen molar-refractivity contribution < 1.29 is 9.59 Å². The van der Waals surface area contributed by atoms with E-state index in [1.807, 2.05) is 50.4 Å². The largest absolute Gasteiger partial charge is 0.339 e. The lowest BCUT2D eigenvalue weighted by atomic mass is 10.1. The number of nitrogens with zero attached hydrogens (tertiary/aromatic N) is 2. The lowest BCUT2D eigenvalue weighted by Gasteiger charge is -2.20. The maximum Gasteiger partial charge on any atom is 0.284 e. The van der Waals surface area contributed by atoms with Gasteiger partial charge in [0.25, 0.3) is 5.91 Å². The van der Waals surface area contributed by atoms with Gasteiger partial charge in [0.05, 0.1) is 5.69 Å². The molecule has 6 heteroatoms. The molecule has 1 N–H and O–H groups in total. The number of para-hydroxylation sites is 1. The van der Waals surface area contributed by atoms with Crippen molar-refractivity contribution in [1.29, 1.82) is 0 Å². The van der Waals surface area contributed by atoms with Crippen LogP contribution in [-0.4, -0.2) is 28.2 Å². The van der Waals surface area contributed by atoms with E-state index >= 15 is 0 Å². The molecule has 2 amide bonds. The van der Waals surface area contributed by atoms with Crippen LogP contribution in [0.5, 0.6) is 0 Å². The zero-order valence-corrected chi connectivity index (χ0v) is 15.3. The van der Waals surface area contributed by atoms with Crippen LogP contribution in [0.15, 0.2) is 29.6 Å². The van der Waals surface area contributed by atoms with Crippen LogP contribution < -0.4 is 5.32 Å². The van der Waals surface area contributed by atoms with Gasteiger partial charge in [-0.25, -0.2) is 4.98 Å². The Balaban J connectivity index is 2.17. The third kappa shape index (κ3) is 4.41. The molecule has 5 nitrogen and oxygen atoms in total. The summed E-state index contributed by atoms with van der Waals surface area (Å²) in [5.41, 5.74) is 2.54. The Bertz CT molecular complexity index is 725. The van der Waals surface area contributed by atoms with E-state index in [9.17, 15) is 9.59 Å². The average Bonchev–Trinajstić information content (AvgIpc) is 3.04. The first-order valence-electron chi connectivity index (χ1n) is 8.02. The summed E-state index contributed by atoms with van der Waals surface area (Å²) in [6.45, 7) is 8.68. The number of benzene rings is 1. The molecule has 0 spiro atoms. The summed E-state index contributed by atoms with van der Waals surface area (Å²) in [6, 6.07) is 7.53. The molecule has 0 fully saturated rings. The van der Waals surface area contributed by atoms with Crippen molar-refractivity contribution in [3.05, 3.63) is 45.9 Å². The van der Waals surface area contributed by atoms with Crippen molar-refractivity contribution in [2.75, 3.05) is 11.9 Å². The van der Waals surface area contributed by atoms with Gasteiger partial charge < -0.3 is 10.2 Å². The molecule has 1 heterocycles. The van der Waals surface area contributed by atoms with Crippen LogP contribution in [0.1, 0.15) is 54.7 Å². The quantitative estimate of drug-likeness (QED) is 0.864. The Morgan fingerprint density at radius 1 is 1.29 bits per heavy atom. The monoisotopic (exact) mass is 345 g/mol. The first-order valence-corrected chi connectivity index (χ1v) is 8.90. The summed E-state index contributed by atoms with van der Waals surface area (Å²) >= 11 is 1.35. The number of hydrogen-bond donors (Lipinski definition) is 1. The topological polar surface area (TPSA) is 62.3 Å². The van der Waals surface area contributed by atoms with Gasteiger partial charge in [-0.05, 0) is 24.5 Å². The normalized spacial score (nSPS) is 10.7. The van der Waals surface area contributed by atoms with Crippen molar-refractivity contribution in [3.8, 4) is 0 Å². The van der Waals surface area contributed by atoms with Crippen LogP contribution in [0.3, 0.4) is 0 Å². The summed E-state index contributed by atoms with van der Waals surface area (Å²) in [5.74, 6) is 0.0918. The highest BCUT2D eigenvalue weighted by atomic mass is 32.1. The molecule has 2 aromatic rings. The first-order chi connectivity index (χ1) is 11.4. The number of aromatic nitrogens is 1. The first kappa shape index (κ1) is 18.1. The van der Waals surface area contributed by atoms with E-state index in [4.69, 9.17) is 0 Å². The van der Waals surface area contributed by atoms with E-state index in [0.29, 0.717) is 29.7 Å². The Morgan fingerprint density at radius 3 is 2.58 bits per heavy atom. The van der Waals surface area contributed by atoms with Gasteiger partial charge in [-0.1, -0.05) is 32.0 Å². The van der Waals surface area contributed by atoms with Crippen molar-refractivity contribution >= 4 is 28.8 Å². The molecule has 0 bridgehead atoms. The minimum Gasteiger partial charge on any atom is -0.339 e. The molecule has 1 aromatic heterocycles. The van der Waals surface area contributed by atoms with Crippen molar-refractivity contribution in [2.24, 2.45) is 0 Å². The molecule has 0 saturated heterocycles. The molecule has 1 aromatic carbocycles. The summed E-state index contributed by atoms with van der Waals surface area (Å²) in [7, 11) is 0. The maximum atomic E-state index is 12.4. The van der Waals surface area contributed by atoms with Crippen LogP contribution in [-0.2, 0) is 11.3 Å². The minimum absolute atomic E-state index is 0.0140. The Morgan fingerprint density at radius 2 is 2.00 bits per heavy atom. The zero-order valence-electron chi connectivity index (χ0n) is 14.5. The second-order valence-corrected chi connectivity index (χ2v) is 6.73. The van der Waals surface area contributed by atoms with Gasteiger partial charge in [-0.15, -0.1) is 11.3 Å². The van der Waals surface area contributed by atoms with Crippen LogP contribution in [0.4, 0.5) is 5.69 Å². The summed E-state index contributed by atoms with van der Waals surface area (Å²) in [5, 5.41) is 5.29. The number of anilines is 1. The molecule has 128 valence electrons. The van der Waals surface area contributed by atoms with Gasteiger partial charge in [0, 0.05) is 31.1 Å². The van der Waals surface area contributed by atoms with Gasteiger partial charge in [-0.2, -0.15) is 0 Å². The highest BCUT2D eigenvalue weighted by Crippen LogP contribution is 2.21. The van der Waals surface area contributed by atoms with E-state index in [1.165, 1.54) is 11.3 Å². The Hall–Kier alpha value is -2.21. The van der Waals surface area contributed by atoms with E-state index in [2.05, 4.69) is 10.3 Å². The molecule has 0 atom stereocenters. The molecule has 0 aliphatic rings. The van der Waals surface area contributed by atoms with Crippen LogP contribution >= 0.6 is 11.3 Å². The average molecular weight is 345 g/mol. The van der Waals surface area contributed by atoms with E-state index in [-0.39, 0.29) is 11.8 Å². The molecule has 0 radical (unpaired) electrons. The van der Waals surface area contributed by atoms with Crippen LogP contribution in [0, 0.1) is 0 Å². The number of amides is 2. The zero-order chi connectivity index (χ0) is 17.7. The molecular weight excluding hydrogens is 322 g/mol. The lowest BCUT2D eigenvalue weighted by Crippen LogP contribution is -2.28. The number of nitrogens with one attached hydrogen (secondary N) is 1. The smallest absolute Gasteiger partial charge is 0.284 e. The predicted molar refractivity (Wildman–Crippen MR) is 97.4 cm³/mol. The molecule has 2 rings (SSSR count). The molecule has 0 aliphatic carbocycles. The number of rotatable bonds is 6. The second-order valence-electron chi connectivity index (χ2n) is 5.88. The van der Waals surface area contributed by atoms with E-state index in [1.54, 1.807) is 11.8 Å². The molecular formula is C18H23N3O2S. The van der Waals surface area contributed by atoms with Crippen LogP contribution in [0.25, 0.3) is 0 Å². The number of thiazole rings is 1. The Labute approximate surface area is 146 Å². The fourth-order valence-electron chi connectivity index (χ4n) is 2.26. The SMILES string of the molecule is CCN(Cc1ccccc1NC(=O)c1nc(C(C)C)cs1)C(C)=O. The summed E-state index contributed by atoms with van der Waals surface area (Å²) < 4.78 is 0. The Kier molecular flexibility index (Phi) is 6.09. The van der Waals surface area contributed by atoms with Gasteiger partial charge in [-0.3, -0.25) is 9.59 Å². The number of carbonyl (C=O) groups is 2. The third-order valence-corrected chi connectivity index (χ3v) is 4.62. The second kappa shape index (κ2) is 8.06. The van der Waals surface area contributed by atoms with E-state index in [0.717, 1.165) is 11.3 Å². The van der Waals surface area contributed by atoms with Crippen LogP contribution in [0.2, 0.25) is 0 Å².